The number of imidazole rings is 1. The van der Waals surface area contributed by atoms with Crippen LogP contribution in [0.1, 0.15) is 25.9 Å². The second-order valence-corrected chi connectivity index (χ2v) is 11.6. The predicted octanol–water partition coefficient (Wildman–Crippen LogP) is 0.624. The SMILES string of the molecule is CCc1nc2c(ncn2[C@H]2O[C@](CF)(COP(=O)(OCCSC(C)=O)N(C)C)[C@H](O)C2O)c(=O)[nH]1. The van der Waals surface area contributed by atoms with E-state index in [1.54, 1.807) is 6.92 Å². The first-order valence-corrected chi connectivity index (χ1v) is 13.2. The summed E-state index contributed by atoms with van der Waals surface area (Å²) in [6, 6.07) is 0. The highest BCUT2D eigenvalue weighted by molar-refractivity contribution is 8.13. The van der Waals surface area contributed by atoms with Crippen LogP contribution in [0.25, 0.3) is 11.2 Å². The monoisotopic (exact) mass is 537 g/mol. The molecule has 0 saturated carbocycles. The zero-order valence-corrected chi connectivity index (χ0v) is 21.4. The van der Waals surface area contributed by atoms with Crippen molar-refractivity contribution in [1.29, 1.82) is 0 Å². The molecule has 5 atom stereocenters. The fraction of sp³-hybridized carbons (Fsp3) is 0.684. The number of aromatic amines is 1. The number of hydrogen-bond donors (Lipinski definition) is 3. The van der Waals surface area contributed by atoms with E-state index in [-0.39, 0.29) is 28.6 Å². The number of aromatic nitrogens is 4. The quantitative estimate of drug-likeness (QED) is 0.270. The van der Waals surface area contributed by atoms with Crippen LogP contribution in [-0.4, -0.2) is 97.1 Å². The first-order valence-electron chi connectivity index (χ1n) is 10.7. The van der Waals surface area contributed by atoms with E-state index < -0.39 is 50.6 Å². The Labute approximate surface area is 204 Å². The number of H-pyrrole nitrogens is 1. The highest BCUT2D eigenvalue weighted by Crippen LogP contribution is 2.52. The fourth-order valence-electron chi connectivity index (χ4n) is 3.46. The number of ether oxygens (including phenoxy) is 1. The maximum atomic E-state index is 14.3. The van der Waals surface area contributed by atoms with E-state index in [0.717, 1.165) is 11.8 Å². The lowest BCUT2D eigenvalue weighted by Crippen LogP contribution is -2.49. The van der Waals surface area contributed by atoms with Gasteiger partial charge in [0.05, 0.1) is 19.5 Å². The predicted molar refractivity (Wildman–Crippen MR) is 125 cm³/mol. The maximum absolute atomic E-state index is 14.3. The number of hydrogen-bond acceptors (Lipinski definition) is 11. The van der Waals surface area contributed by atoms with Crippen molar-refractivity contribution in [2.45, 2.75) is 44.3 Å². The third kappa shape index (κ3) is 5.67. The Balaban J connectivity index is 1.83. The number of thioether (sulfide) groups is 1. The summed E-state index contributed by atoms with van der Waals surface area (Å²) in [5, 5.41) is 21.3. The van der Waals surface area contributed by atoms with Crippen LogP contribution in [-0.2, 0) is 29.6 Å². The van der Waals surface area contributed by atoms with Gasteiger partial charge >= 0.3 is 7.75 Å². The number of aliphatic hydroxyl groups excluding tert-OH is 2. The van der Waals surface area contributed by atoms with Gasteiger partial charge in [-0.05, 0) is 14.1 Å². The van der Waals surface area contributed by atoms with Gasteiger partial charge in [0, 0.05) is 19.1 Å². The zero-order chi connectivity index (χ0) is 26.0. The second kappa shape index (κ2) is 11.1. The average molecular weight is 538 g/mol. The van der Waals surface area contributed by atoms with Crippen LogP contribution in [0.5, 0.6) is 0 Å². The van der Waals surface area contributed by atoms with Crippen molar-refractivity contribution in [1.82, 2.24) is 24.2 Å². The molecule has 0 radical (unpaired) electrons. The standard InChI is InChI=1S/C19H29FN5O8PS/c1-5-12-22-16-13(17(29)23-12)21-10-25(16)18-14(27)15(28)19(8-20,33-18)9-32-34(30,24(3)4)31-6-7-35-11(2)26/h10,14-15,18,27-28H,5-9H2,1-4H3,(H,22,23,29)/t14?,15-,18+,19-,34?/m1/s1. The number of carbonyl (C=O) groups excluding carboxylic acids is 1. The van der Waals surface area contributed by atoms with E-state index in [4.69, 9.17) is 13.8 Å². The molecule has 35 heavy (non-hydrogen) atoms. The lowest BCUT2D eigenvalue weighted by atomic mass is 9.98. The van der Waals surface area contributed by atoms with Crippen LogP contribution in [0, 0.1) is 0 Å². The Kier molecular flexibility index (Phi) is 8.86. The normalized spacial score (nSPS) is 26.5. The maximum Gasteiger partial charge on any atom is 0.407 e. The Hall–Kier alpha value is -1.71. The largest absolute Gasteiger partial charge is 0.407 e. The summed E-state index contributed by atoms with van der Waals surface area (Å²) in [5.41, 5.74) is -2.53. The fourth-order valence-corrected chi connectivity index (χ4v) is 5.28. The summed E-state index contributed by atoms with van der Waals surface area (Å²) in [6.07, 6.45) is -3.18. The van der Waals surface area contributed by atoms with E-state index in [2.05, 4.69) is 15.0 Å². The zero-order valence-electron chi connectivity index (χ0n) is 19.7. The molecule has 3 N–H and O–H groups in total. The molecule has 13 nitrogen and oxygen atoms in total. The summed E-state index contributed by atoms with van der Waals surface area (Å²) in [5.74, 6) is 0.592. The van der Waals surface area contributed by atoms with Gasteiger partial charge in [0.2, 0.25) is 0 Å². The van der Waals surface area contributed by atoms with Gasteiger partial charge in [-0.3, -0.25) is 23.2 Å². The lowest BCUT2D eigenvalue weighted by molar-refractivity contribution is -0.134. The van der Waals surface area contributed by atoms with Crippen molar-refractivity contribution in [2.75, 3.05) is 39.7 Å². The molecular weight excluding hydrogens is 508 g/mol. The molecule has 1 aliphatic rings. The molecule has 0 bridgehead atoms. The molecule has 2 aromatic heterocycles. The number of nitrogens with one attached hydrogen (secondary N) is 1. The third-order valence-corrected chi connectivity index (χ3v) is 8.15. The summed E-state index contributed by atoms with van der Waals surface area (Å²) in [6.45, 7) is 1.06. The van der Waals surface area contributed by atoms with Gasteiger partial charge in [-0.15, -0.1) is 0 Å². The molecular formula is C19H29FN5O8PS. The van der Waals surface area contributed by atoms with Gasteiger partial charge < -0.3 is 19.9 Å². The Bertz CT molecular complexity index is 1160. The topological polar surface area (TPSA) is 169 Å². The molecule has 196 valence electrons. The molecule has 0 amide bonds. The number of nitrogens with zero attached hydrogens (tertiary/aromatic N) is 4. The van der Waals surface area contributed by atoms with Crippen LogP contribution >= 0.6 is 19.5 Å². The highest BCUT2D eigenvalue weighted by atomic mass is 32.2. The van der Waals surface area contributed by atoms with E-state index in [9.17, 15) is 28.8 Å². The van der Waals surface area contributed by atoms with Gasteiger partial charge in [0.1, 0.15) is 24.7 Å². The van der Waals surface area contributed by atoms with Crippen LogP contribution in [0.4, 0.5) is 4.39 Å². The van der Waals surface area contributed by atoms with Crippen molar-refractivity contribution < 1.29 is 37.7 Å². The van der Waals surface area contributed by atoms with E-state index >= 15 is 0 Å². The van der Waals surface area contributed by atoms with Crippen LogP contribution in [0.2, 0.25) is 0 Å². The summed E-state index contributed by atoms with van der Waals surface area (Å²) in [4.78, 5) is 34.2. The van der Waals surface area contributed by atoms with Gasteiger partial charge in [0.25, 0.3) is 5.56 Å². The van der Waals surface area contributed by atoms with E-state index in [1.165, 1.54) is 36.6 Å². The first-order chi connectivity index (χ1) is 16.5. The number of aliphatic hydroxyl groups is 2. The van der Waals surface area contributed by atoms with Gasteiger partial charge in [-0.1, -0.05) is 18.7 Å². The average Bonchev–Trinajstić information content (AvgIpc) is 3.35. The minimum absolute atomic E-state index is 0.0181. The number of rotatable bonds is 11. The molecule has 0 aliphatic carbocycles. The van der Waals surface area contributed by atoms with Crippen molar-refractivity contribution >= 4 is 35.8 Å². The van der Waals surface area contributed by atoms with Crippen molar-refractivity contribution in [3.63, 3.8) is 0 Å². The van der Waals surface area contributed by atoms with Crippen LogP contribution in [0.3, 0.4) is 0 Å². The number of fused-ring (bicyclic) bond motifs is 1. The first kappa shape index (κ1) is 27.9. The van der Waals surface area contributed by atoms with Crippen molar-refractivity contribution in [3.8, 4) is 0 Å². The van der Waals surface area contributed by atoms with Gasteiger partial charge in [0.15, 0.2) is 28.1 Å². The van der Waals surface area contributed by atoms with E-state index in [1.807, 2.05) is 0 Å². The molecule has 1 aliphatic heterocycles. The molecule has 3 rings (SSSR count). The number of aryl methyl sites for hydroxylation is 1. The number of halogens is 1. The molecule has 1 fully saturated rings. The molecule has 2 unspecified atom stereocenters. The second-order valence-electron chi connectivity index (χ2n) is 8.09. The molecule has 2 aromatic rings. The molecule has 16 heteroatoms. The Morgan fingerprint density at radius 3 is 2.74 bits per heavy atom. The summed E-state index contributed by atoms with van der Waals surface area (Å²) >= 11 is 0.979. The van der Waals surface area contributed by atoms with Gasteiger partial charge in [-0.25, -0.2) is 23.6 Å². The van der Waals surface area contributed by atoms with Crippen molar-refractivity contribution in [2.24, 2.45) is 0 Å². The van der Waals surface area contributed by atoms with E-state index in [0.29, 0.717) is 12.2 Å². The minimum atomic E-state index is -3.95. The van der Waals surface area contributed by atoms with Gasteiger partial charge in [-0.2, -0.15) is 0 Å². The number of carbonyl (C=O) groups is 1. The minimum Gasteiger partial charge on any atom is -0.387 e. The third-order valence-electron chi connectivity index (χ3n) is 5.43. The highest BCUT2D eigenvalue weighted by Gasteiger charge is 2.56. The Morgan fingerprint density at radius 1 is 1.43 bits per heavy atom. The molecule has 0 spiro atoms. The number of alkyl halides is 1. The summed E-state index contributed by atoms with van der Waals surface area (Å²) in [7, 11) is -1.09. The molecule has 0 aromatic carbocycles. The lowest BCUT2D eigenvalue weighted by Gasteiger charge is -2.32. The van der Waals surface area contributed by atoms with Crippen LogP contribution in [0.15, 0.2) is 11.1 Å². The molecule has 1 saturated heterocycles. The summed E-state index contributed by atoms with van der Waals surface area (Å²) < 4.78 is 46.4. The molecule has 3 heterocycles. The Morgan fingerprint density at radius 2 is 2.14 bits per heavy atom. The van der Waals surface area contributed by atoms with Crippen molar-refractivity contribution in [3.05, 3.63) is 22.5 Å². The van der Waals surface area contributed by atoms with Crippen LogP contribution < -0.4 is 5.56 Å². The smallest absolute Gasteiger partial charge is 0.387 e.